The fourth-order valence-corrected chi connectivity index (χ4v) is 1.84. The first-order chi connectivity index (χ1) is 6.53. The van der Waals surface area contributed by atoms with Gasteiger partial charge in [-0.2, -0.15) is 0 Å². The number of aliphatic hydroxyl groups excluding tert-OH is 1. The van der Waals surface area contributed by atoms with Crippen LogP contribution in [0.2, 0.25) is 0 Å². The SMILES string of the molecule is CC(C)(C)CCN(CCO)C1CCC1. The average Bonchev–Trinajstić information content (AvgIpc) is 1.95. The van der Waals surface area contributed by atoms with Gasteiger partial charge in [0.05, 0.1) is 6.61 Å². The molecular formula is C12H25NO. The number of hydrogen-bond acceptors (Lipinski definition) is 2. The maximum atomic E-state index is 8.99. The largest absolute Gasteiger partial charge is 0.395 e. The van der Waals surface area contributed by atoms with Crippen molar-refractivity contribution in [3.63, 3.8) is 0 Å². The van der Waals surface area contributed by atoms with Gasteiger partial charge in [-0.05, 0) is 31.2 Å². The lowest BCUT2D eigenvalue weighted by molar-refractivity contribution is 0.0897. The van der Waals surface area contributed by atoms with Gasteiger partial charge in [0.25, 0.3) is 0 Å². The van der Waals surface area contributed by atoms with Crippen molar-refractivity contribution in [3.05, 3.63) is 0 Å². The summed E-state index contributed by atoms with van der Waals surface area (Å²) in [6, 6.07) is 0.768. The number of aliphatic hydroxyl groups is 1. The van der Waals surface area contributed by atoms with E-state index in [2.05, 4.69) is 25.7 Å². The van der Waals surface area contributed by atoms with Crippen LogP contribution < -0.4 is 0 Å². The van der Waals surface area contributed by atoms with Crippen molar-refractivity contribution in [2.24, 2.45) is 5.41 Å². The number of nitrogens with zero attached hydrogens (tertiary/aromatic N) is 1. The van der Waals surface area contributed by atoms with Gasteiger partial charge in [0.15, 0.2) is 0 Å². The Kier molecular flexibility index (Phi) is 4.39. The molecule has 1 aliphatic carbocycles. The fraction of sp³-hybridized carbons (Fsp3) is 1.00. The van der Waals surface area contributed by atoms with Gasteiger partial charge in [0.2, 0.25) is 0 Å². The lowest BCUT2D eigenvalue weighted by atomic mass is 9.88. The summed E-state index contributed by atoms with van der Waals surface area (Å²) >= 11 is 0. The molecule has 1 rings (SSSR count). The van der Waals surface area contributed by atoms with Gasteiger partial charge in [-0.3, -0.25) is 4.90 Å². The van der Waals surface area contributed by atoms with E-state index < -0.39 is 0 Å². The van der Waals surface area contributed by atoms with Crippen molar-refractivity contribution in [2.45, 2.75) is 52.5 Å². The van der Waals surface area contributed by atoms with E-state index in [1.807, 2.05) is 0 Å². The minimum absolute atomic E-state index is 0.306. The molecule has 0 spiro atoms. The quantitative estimate of drug-likeness (QED) is 0.734. The van der Waals surface area contributed by atoms with Crippen molar-refractivity contribution in [2.75, 3.05) is 19.7 Å². The summed E-state index contributed by atoms with van der Waals surface area (Å²) in [6.07, 6.45) is 5.28. The molecular weight excluding hydrogens is 174 g/mol. The predicted octanol–water partition coefficient (Wildman–Crippen LogP) is 2.27. The summed E-state index contributed by atoms with van der Waals surface area (Å²) in [5.74, 6) is 0. The molecule has 0 aromatic rings. The van der Waals surface area contributed by atoms with Crippen molar-refractivity contribution in [1.29, 1.82) is 0 Å². The minimum atomic E-state index is 0.306. The molecule has 1 fully saturated rings. The van der Waals surface area contributed by atoms with E-state index in [1.54, 1.807) is 0 Å². The molecule has 0 aromatic carbocycles. The Bertz CT molecular complexity index is 158. The van der Waals surface area contributed by atoms with Crippen molar-refractivity contribution < 1.29 is 5.11 Å². The smallest absolute Gasteiger partial charge is 0.0558 e. The van der Waals surface area contributed by atoms with E-state index in [0.29, 0.717) is 12.0 Å². The maximum absolute atomic E-state index is 8.99. The molecule has 1 aliphatic rings. The second kappa shape index (κ2) is 5.13. The fourth-order valence-electron chi connectivity index (χ4n) is 1.84. The molecule has 0 bridgehead atoms. The predicted molar refractivity (Wildman–Crippen MR) is 60.4 cm³/mol. The van der Waals surface area contributed by atoms with Crippen LogP contribution in [0.15, 0.2) is 0 Å². The van der Waals surface area contributed by atoms with Gasteiger partial charge < -0.3 is 5.11 Å². The van der Waals surface area contributed by atoms with Crippen molar-refractivity contribution in [1.82, 2.24) is 4.90 Å². The molecule has 0 saturated heterocycles. The molecule has 0 atom stereocenters. The van der Waals surface area contributed by atoms with Crippen LogP contribution in [0.4, 0.5) is 0 Å². The molecule has 0 amide bonds. The van der Waals surface area contributed by atoms with Crippen LogP contribution in [0.3, 0.4) is 0 Å². The van der Waals surface area contributed by atoms with E-state index >= 15 is 0 Å². The Balaban J connectivity index is 2.27. The molecule has 0 unspecified atom stereocenters. The molecule has 0 aromatic heterocycles. The second-order valence-electron chi connectivity index (χ2n) is 5.65. The van der Waals surface area contributed by atoms with Gasteiger partial charge >= 0.3 is 0 Å². The van der Waals surface area contributed by atoms with Gasteiger partial charge in [-0.1, -0.05) is 27.2 Å². The van der Waals surface area contributed by atoms with E-state index in [-0.39, 0.29) is 0 Å². The van der Waals surface area contributed by atoms with E-state index in [9.17, 15) is 0 Å². The molecule has 14 heavy (non-hydrogen) atoms. The van der Waals surface area contributed by atoms with E-state index in [1.165, 1.54) is 25.7 Å². The van der Waals surface area contributed by atoms with E-state index in [0.717, 1.165) is 19.1 Å². The summed E-state index contributed by atoms with van der Waals surface area (Å²) in [5, 5.41) is 8.99. The topological polar surface area (TPSA) is 23.5 Å². The third-order valence-corrected chi connectivity index (χ3v) is 3.13. The molecule has 1 N–H and O–H groups in total. The maximum Gasteiger partial charge on any atom is 0.0558 e. The Morgan fingerprint density at radius 2 is 1.86 bits per heavy atom. The first-order valence-corrected chi connectivity index (χ1v) is 5.88. The highest BCUT2D eigenvalue weighted by Crippen LogP contribution is 2.26. The zero-order chi connectivity index (χ0) is 10.6. The average molecular weight is 199 g/mol. The van der Waals surface area contributed by atoms with Gasteiger partial charge in [-0.25, -0.2) is 0 Å². The number of rotatable bonds is 5. The van der Waals surface area contributed by atoms with Crippen molar-refractivity contribution in [3.8, 4) is 0 Å². The molecule has 1 saturated carbocycles. The molecule has 2 heteroatoms. The molecule has 0 heterocycles. The molecule has 0 radical (unpaired) electrons. The summed E-state index contributed by atoms with van der Waals surface area (Å²) < 4.78 is 0. The van der Waals surface area contributed by atoms with Crippen molar-refractivity contribution >= 4 is 0 Å². The normalized spacial score (nSPS) is 18.6. The summed E-state index contributed by atoms with van der Waals surface area (Å²) in [7, 11) is 0. The highest BCUT2D eigenvalue weighted by molar-refractivity contribution is 4.80. The summed E-state index contributed by atoms with van der Waals surface area (Å²) in [5.41, 5.74) is 0.414. The molecule has 0 aliphatic heterocycles. The zero-order valence-corrected chi connectivity index (χ0v) is 9.92. The first kappa shape index (κ1) is 12.0. The zero-order valence-electron chi connectivity index (χ0n) is 9.92. The highest BCUT2D eigenvalue weighted by atomic mass is 16.3. The van der Waals surface area contributed by atoms with Gasteiger partial charge in [-0.15, -0.1) is 0 Å². The molecule has 2 nitrogen and oxygen atoms in total. The Labute approximate surface area is 88.3 Å². The summed E-state index contributed by atoms with van der Waals surface area (Å²) in [4.78, 5) is 2.47. The lowest BCUT2D eigenvalue weighted by Gasteiger charge is -2.38. The van der Waals surface area contributed by atoms with E-state index in [4.69, 9.17) is 5.11 Å². The first-order valence-electron chi connectivity index (χ1n) is 5.88. The second-order valence-corrected chi connectivity index (χ2v) is 5.65. The van der Waals surface area contributed by atoms with Crippen LogP contribution in [-0.2, 0) is 0 Å². The van der Waals surface area contributed by atoms with Crippen LogP contribution in [-0.4, -0.2) is 35.7 Å². The Morgan fingerprint density at radius 1 is 1.21 bits per heavy atom. The standard InChI is InChI=1S/C12H25NO/c1-12(2,3)7-8-13(9-10-14)11-5-4-6-11/h11,14H,4-10H2,1-3H3. The van der Waals surface area contributed by atoms with Gasteiger partial charge in [0.1, 0.15) is 0 Å². The molecule has 84 valence electrons. The minimum Gasteiger partial charge on any atom is -0.395 e. The van der Waals surface area contributed by atoms with Crippen LogP contribution in [0.25, 0.3) is 0 Å². The summed E-state index contributed by atoms with van der Waals surface area (Å²) in [6.45, 7) is 9.16. The number of hydrogen-bond donors (Lipinski definition) is 1. The Hall–Kier alpha value is -0.0800. The Morgan fingerprint density at radius 3 is 2.21 bits per heavy atom. The van der Waals surface area contributed by atoms with Gasteiger partial charge in [0, 0.05) is 12.6 Å². The van der Waals surface area contributed by atoms with Crippen LogP contribution >= 0.6 is 0 Å². The third kappa shape index (κ3) is 3.97. The third-order valence-electron chi connectivity index (χ3n) is 3.13. The lowest BCUT2D eigenvalue weighted by Crippen LogP contribution is -2.43. The van der Waals surface area contributed by atoms with Crippen LogP contribution in [0, 0.1) is 5.41 Å². The van der Waals surface area contributed by atoms with Crippen LogP contribution in [0.5, 0.6) is 0 Å². The monoisotopic (exact) mass is 199 g/mol. The highest BCUT2D eigenvalue weighted by Gasteiger charge is 2.25. The van der Waals surface area contributed by atoms with Crippen LogP contribution in [0.1, 0.15) is 46.5 Å².